The number of rotatable bonds is 4. The van der Waals surface area contributed by atoms with Crippen LogP contribution in [0.15, 0.2) is 30.3 Å². The molecule has 1 aliphatic rings. The molecule has 0 aromatic heterocycles. The molecule has 1 aliphatic heterocycles. The minimum absolute atomic E-state index is 0.00502. The highest BCUT2D eigenvalue weighted by atomic mass is 16.6. The normalized spacial score (nSPS) is 18.0. The minimum Gasteiger partial charge on any atom is -0.469 e. The summed E-state index contributed by atoms with van der Waals surface area (Å²) in [6.45, 7) is 0.965. The van der Waals surface area contributed by atoms with Gasteiger partial charge >= 0.3 is 5.97 Å². The van der Waals surface area contributed by atoms with Gasteiger partial charge in [0.25, 0.3) is 5.69 Å². The van der Waals surface area contributed by atoms with E-state index < -0.39 is 4.92 Å². The summed E-state index contributed by atoms with van der Waals surface area (Å²) in [4.78, 5) is 35.5. The number of hydrogen-bond donors (Lipinski definition) is 0. The summed E-state index contributed by atoms with van der Waals surface area (Å²) in [6, 6.07) is 5.93. The van der Waals surface area contributed by atoms with Crippen molar-refractivity contribution in [2.24, 2.45) is 5.92 Å². The number of ether oxygens (including phenoxy) is 1. The standard InChI is InChI=1S/C16H18N2O5/c1-23-16(20)13-3-2-10-17(11-13)15(19)9-6-12-4-7-14(8-5-12)18(21)22/h4-9,13H,2-3,10-11H2,1H3/b9-6+. The van der Waals surface area contributed by atoms with Gasteiger partial charge in [0.2, 0.25) is 5.91 Å². The quantitative estimate of drug-likeness (QED) is 0.367. The smallest absolute Gasteiger partial charge is 0.310 e. The highest BCUT2D eigenvalue weighted by Gasteiger charge is 2.28. The Kier molecular flexibility index (Phi) is 5.46. The molecule has 1 heterocycles. The SMILES string of the molecule is COC(=O)C1CCCN(C(=O)/C=C/c2ccc([N+](=O)[O-])cc2)C1. The average molecular weight is 318 g/mol. The lowest BCUT2D eigenvalue weighted by Crippen LogP contribution is -2.41. The fourth-order valence-corrected chi connectivity index (χ4v) is 2.52. The number of likely N-dealkylation sites (tertiary alicyclic amines) is 1. The summed E-state index contributed by atoms with van der Waals surface area (Å²) >= 11 is 0. The molecule has 1 amide bonds. The van der Waals surface area contributed by atoms with E-state index in [9.17, 15) is 19.7 Å². The number of benzene rings is 1. The summed E-state index contributed by atoms with van der Waals surface area (Å²) in [5, 5.41) is 10.6. The Morgan fingerprint density at radius 3 is 2.65 bits per heavy atom. The largest absolute Gasteiger partial charge is 0.469 e. The van der Waals surface area contributed by atoms with Crippen molar-refractivity contribution in [1.29, 1.82) is 0 Å². The number of nitrogens with zero attached hydrogens (tertiary/aromatic N) is 2. The van der Waals surface area contributed by atoms with Crippen LogP contribution in [0.1, 0.15) is 18.4 Å². The third-order valence-corrected chi connectivity index (χ3v) is 3.79. The van der Waals surface area contributed by atoms with Crippen molar-refractivity contribution in [3.8, 4) is 0 Å². The average Bonchev–Trinajstić information content (AvgIpc) is 2.59. The first-order chi connectivity index (χ1) is 11.0. The number of hydrogen-bond acceptors (Lipinski definition) is 5. The molecule has 0 aliphatic carbocycles. The van der Waals surface area contributed by atoms with Crippen LogP contribution in [0.5, 0.6) is 0 Å². The van der Waals surface area contributed by atoms with Gasteiger partial charge in [-0.15, -0.1) is 0 Å². The Hall–Kier alpha value is -2.70. The topological polar surface area (TPSA) is 89.8 Å². The van der Waals surface area contributed by atoms with Crippen LogP contribution in [0.3, 0.4) is 0 Å². The van der Waals surface area contributed by atoms with E-state index in [1.54, 1.807) is 23.1 Å². The van der Waals surface area contributed by atoms with Crippen molar-refractivity contribution in [3.63, 3.8) is 0 Å². The van der Waals surface area contributed by atoms with Gasteiger partial charge in [-0.3, -0.25) is 19.7 Å². The summed E-state index contributed by atoms with van der Waals surface area (Å²) in [6.07, 6.45) is 4.51. The Morgan fingerprint density at radius 1 is 1.35 bits per heavy atom. The number of amides is 1. The van der Waals surface area contributed by atoms with Crippen LogP contribution in [0.2, 0.25) is 0 Å². The maximum atomic E-state index is 12.2. The van der Waals surface area contributed by atoms with Gasteiger partial charge in [-0.05, 0) is 36.6 Å². The lowest BCUT2D eigenvalue weighted by Gasteiger charge is -2.30. The van der Waals surface area contributed by atoms with Gasteiger partial charge in [0.1, 0.15) is 0 Å². The van der Waals surface area contributed by atoms with Gasteiger partial charge in [-0.25, -0.2) is 0 Å². The third-order valence-electron chi connectivity index (χ3n) is 3.79. The molecule has 1 atom stereocenters. The first-order valence-electron chi connectivity index (χ1n) is 7.30. The molecule has 2 rings (SSSR count). The van der Waals surface area contributed by atoms with E-state index >= 15 is 0 Å². The highest BCUT2D eigenvalue weighted by molar-refractivity contribution is 5.92. The second-order valence-corrected chi connectivity index (χ2v) is 5.33. The Balaban J connectivity index is 1.97. The fraction of sp³-hybridized carbons (Fsp3) is 0.375. The lowest BCUT2D eigenvalue weighted by molar-refractivity contribution is -0.384. The second-order valence-electron chi connectivity index (χ2n) is 5.33. The molecular formula is C16H18N2O5. The van der Waals surface area contributed by atoms with Crippen molar-refractivity contribution < 1.29 is 19.2 Å². The number of nitro groups is 1. The molecule has 23 heavy (non-hydrogen) atoms. The third kappa shape index (κ3) is 4.38. The van der Waals surface area contributed by atoms with Gasteiger partial charge in [0.05, 0.1) is 18.0 Å². The zero-order valence-electron chi connectivity index (χ0n) is 12.8. The number of methoxy groups -OCH3 is 1. The molecule has 0 bridgehead atoms. The van der Waals surface area contributed by atoms with Crippen molar-refractivity contribution in [2.75, 3.05) is 20.2 Å². The molecule has 0 saturated carbocycles. The Bertz CT molecular complexity index is 624. The summed E-state index contributed by atoms with van der Waals surface area (Å²) in [7, 11) is 1.34. The Morgan fingerprint density at radius 2 is 2.04 bits per heavy atom. The highest BCUT2D eigenvalue weighted by Crippen LogP contribution is 2.18. The van der Waals surface area contributed by atoms with Gasteiger partial charge in [-0.1, -0.05) is 0 Å². The number of esters is 1. The molecular weight excluding hydrogens is 300 g/mol. The number of piperidine rings is 1. The van der Waals surface area contributed by atoms with E-state index in [-0.39, 0.29) is 23.5 Å². The molecule has 1 aromatic carbocycles. The molecule has 7 heteroatoms. The van der Waals surface area contributed by atoms with E-state index in [1.165, 1.54) is 25.3 Å². The van der Waals surface area contributed by atoms with Gasteiger partial charge < -0.3 is 9.64 Å². The van der Waals surface area contributed by atoms with Crippen molar-refractivity contribution >= 4 is 23.6 Å². The van der Waals surface area contributed by atoms with Crippen LogP contribution in [-0.2, 0) is 14.3 Å². The Labute approximate surface area is 133 Å². The predicted molar refractivity (Wildman–Crippen MR) is 83.5 cm³/mol. The molecule has 1 saturated heterocycles. The van der Waals surface area contributed by atoms with Crippen molar-refractivity contribution in [2.45, 2.75) is 12.8 Å². The molecule has 1 aromatic rings. The summed E-state index contributed by atoms with van der Waals surface area (Å²) < 4.78 is 4.73. The second kappa shape index (κ2) is 7.53. The van der Waals surface area contributed by atoms with E-state index in [4.69, 9.17) is 4.74 Å². The molecule has 122 valence electrons. The maximum absolute atomic E-state index is 12.2. The van der Waals surface area contributed by atoms with Crippen LogP contribution >= 0.6 is 0 Å². The van der Waals surface area contributed by atoms with E-state index in [2.05, 4.69) is 0 Å². The fourth-order valence-electron chi connectivity index (χ4n) is 2.52. The van der Waals surface area contributed by atoms with Gasteiger partial charge in [-0.2, -0.15) is 0 Å². The first-order valence-corrected chi connectivity index (χ1v) is 7.30. The predicted octanol–water partition coefficient (Wildman–Crippen LogP) is 2.02. The number of carbonyl (C=O) groups is 2. The summed E-state index contributed by atoms with van der Waals surface area (Å²) in [5.41, 5.74) is 0.705. The van der Waals surface area contributed by atoms with Crippen molar-refractivity contribution in [3.05, 3.63) is 46.0 Å². The number of non-ortho nitro benzene ring substituents is 1. The zero-order chi connectivity index (χ0) is 16.8. The van der Waals surface area contributed by atoms with E-state index in [1.807, 2.05) is 0 Å². The van der Waals surface area contributed by atoms with E-state index in [0.29, 0.717) is 18.7 Å². The molecule has 1 fully saturated rings. The van der Waals surface area contributed by atoms with Crippen LogP contribution < -0.4 is 0 Å². The molecule has 1 unspecified atom stereocenters. The van der Waals surface area contributed by atoms with E-state index in [0.717, 1.165) is 12.8 Å². The number of nitro benzene ring substituents is 1. The number of carbonyl (C=O) groups excluding carboxylic acids is 2. The lowest BCUT2D eigenvalue weighted by atomic mass is 9.98. The maximum Gasteiger partial charge on any atom is 0.310 e. The zero-order valence-corrected chi connectivity index (χ0v) is 12.8. The van der Waals surface area contributed by atoms with Crippen LogP contribution in [0, 0.1) is 16.0 Å². The van der Waals surface area contributed by atoms with Gasteiger partial charge in [0.15, 0.2) is 0 Å². The van der Waals surface area contributed by atoms with Crippen LogP contribution in [0.4, 0.5) is 5.69 Å². The molecule has 0 N–H and O–H groups in total. The van der Waals surface area contributed by atoms with Crippen molar-refractivity contribution in [1.82, 2.24) is 4.90 Å². The van der Waals surface area contributed by atoms with Crippen LogP contribution in [-0.4, -0.2) is 41.9 Å². The monoisotopic (exact) mass is 318 g/mol. The van der Waals surface area contributed by atoms with Gasteiger partial charge in [0, 0.05) is 31.3 Å². The van der Waals surface area contributed by atoms with Crippen LogP contribution in [0.25, 0.3) is 6.08 Å². The molecule has 0 radical (unpaired) electrons. The first kappa shape index (κ1) is 16.7. The summed E-state index contributed by atoms with van der Waals surface area (Å²) in [5.74, 6) is -0.746. The minimum atomic E-state index is -0.473. The molecule has 7 nitrogen and oxygen atoms in total. The molecule has 0 spiro atoms.